The minimum absolute atomic E-state index is 0.0149. The lowest BCUT2D eigenvalue weighted by Gasteiger charge is -2.33. The van der Waals surface area contributed by atoms with Gasteiger partial charge < -0.3 is 118 Å². The highest BCUT2D eigenvalue weighted by Crippen LogP contribution is 2.25. The standard InChI is InChI=1S/C88H120N20O20S2/c1-47(109)71(105-79(121)66(45-70(93)115)103-84(126)73(88(8,9)130)107-80(122)61(97-49(3)111)40-50-19-11-10-12-20-50)82(124)101-64(43-55-46-96-58-24-16-15-23-57(55)58)78(120)98-60(32-33-67(90)112)76(118)106-72(87(6,7)129)83(125)102-62(41-51-27-30-56(31-28-51)128-38-35-89)77(119)99-63(42-52-26-29-53-21-13-14-22-54(53)39-52)81(123)108-86(4,5)85(127)104-59(25-17-18-36-94-48(2)110)75(117)100-65(44-69(92)114)74(116)95-37-34-68(91)113/h10-16,19-24,26-31,39,46-47,59-66,71-73,96,109,129-130H,17-18,25,32-38,40-45,89H2,1-9H3,(H2,90,112)(H2,91,113)(H2,92,114)(H2,93,115)(H,94,110)(H,95,116)(H,97,111)(H,98,120)(H,99,119)(H,100,117)(H,101,124)(H,102,125)(H,103,126)(H,104,127)(H,105,121)(H,106,118)(H,107,122)(H,108,123)/t47-,59+,60+,61-,62+,63+,64+,65+,66+,71+,72-,73-/m1/s1. The fourth-order valence-corrected chi connectivity index (χ4v) is 14.0. The summed E-state index contributed by atoms with van der Waals surface area (Å²) in [5.41, 5.74) is 28.2. The smallest absolute Gasteiger partial charge is 0.245 e. The fourth-order valence-electron chi connectivity index (χ4n) is 13.7. The molecule has 0 unspecified atom stereocenters. The fraction of sp³-hybridized carbons (Fsp3) is 0.455. The number of hydrogen-bond donors (Lipinski definition) is 23. The second kappa shape index (κ2) is 49.9. The third-order valence-electron chi connectivity index (χ3n) is 20.5. The summed E-state index contributed by atoms with van der Waals surface area (Å²) in [7, 11) is 0. The van der Waals surface area contributed by atoms with Gasteiger partial charge in [-0.3, -0.25) is 86.3 Å². The number of thiol groups is 2. The van der Waals surface area contributed by atoms with Crippen molar-refractivity contribution < 1.29 is 96.1 Å². The Kier molecular flexibility index (Phi) is 40.5. The van der Waals surface area contributed by atoms with E-state index in [4.69, 9.17) is 46.0 Å². The summed E-state index contributed by atoms with van der Waals surface area (Å²) >= 11 is 9.30. The molecule has 0 spiro atoms. The molecule has 704 valence electrons. The number of para-hydroxylation sites is 1. The van der Waals surface area contributed by atoms with Gasteiger partial charge in [0.1, 0.15) is 84.4 Å². The van der Waals surface area contributed by atoms with Crippen molar-refractivity contribution in [3.05, 3.63) is 150 Å². The summed E-state index contributed by atoms with van der Waals surface area (Å²) in [6, 6.07) is 15.5. The zero-order chi connectivity index (χ0) is 96.5. The minimum Gasteiger partial charge on any atom is -0.492 e. The minimum atomic E-state index is -2.03. The number of unbranched alkanes of at least 4 members (excludes halogenated alkanes) is 1. The number of amides is 18. The number of nitrogens with two attached hydrogens (primary N) is 5. The summed E-state index contributed by atoms with van der Waals surface area (Å²) < 4.78 is 2.65. The van der Waals surface area contributed by atoms with Crippen molar-refractivity contribution in [1.29, 1.82) is 0 Å². The van der Waals surface area contributed by atoms with E-state index in [0.717, 1.165) is 17.7 Å². The van der Waals surface area contributed by atoms with Crippen molar-refractivity contribution in [3.8, 4) is 5.75 Å². The van der Waals surface area contributed by atoms with Crippen LogP contribution >= 0.6 is 25.3 Å². The van der Waals surface area contributed by atoms with E-state index in [1.165, 1.54) is 61.6 Å². The number of nitrogens with one attached hydrogen (secondary N) is 15. The lowest BCUT2D eigenvalue weighted by atomic mass is 9.97. The summed E-state index contributed by atoms with van der Waals surface area (Å²) in [5, 5.41) is 49.2. The largest absolute Gasteiger partial charge is 0.492 e. The highest BCUT2D eigenvalue weighted by Gasteiger charge is 2.44. The molecule has 26 N–H and O–H groups in total. The van der Waals surface area contributed by atoms with Gasteiger partial charge in [0.05, 0.1) is 18.9 Å². The molecule has 6 aromatic rings. The van der Waals surface area contributed by atoms with E-state index in [9.17, 15) is 67.4 Å². The number of ether oxygens (including phenoxy) is 1. The molecule has 12 atom stereocenters. The third-order valence-corrected chi connectivity index (χ3v) is 21.0. The van der Waals surface area contributed by atoms with Crippen LogP contribution in [-0.2, 0) is 112 Å². The number of primary amides is 4. The Morgan fingerprint density at radius 3 is 1.45 bits per heavy atom. The van der Waals surface area contributed by atoms with Crippen LogP contribution in [0.2, 0.25) is 0 Å². The molecule has 0 saturated carbocycles. The van der Waals surface area contributed by atoms with Gasteiger partial charge in [0.25, 0.3) is 0 Å². The molecule has 1 aromatic heterocycles. The van der Waals surface area contributed by atoms with Crippen LogP contribution in [0.1, 0.15) is 136 Å². The van der Waals surface area contributed by atoms with E-state index < -0.39 is 220 Å². The number of hydrogen-bond acceptors (Lipinski definition) is 23. The number of aromatic nitrogens is 1. The molecule has 0 fully saturated rings. The average molecular weight is 1840 g/mol. The number of carbonyl (C=O) groups is 18. The number of aliphatic hydroxyl groups excluding tert-OH is 1. The van der Waals surface area contributed by atoms with Crippen LogP contribution in [0, 0.1) is 0 Å². The maximum atomic E-state index is 15.5. The summed E-state index contributed by atoms with van der Waals surface area (Å²) in [5.74, 6) is -17.2. The van der Waals surface area contributed by atoms with Crippen LogP contribution in [0.15, 0.2) is 128 Å². The van der Waals surface area contributed by atoms with Gasteiger partial charge in [-0.1, -0.05) is 103 Å². The van der Waals surface area contributed by atoms with Crippen molar-refractivity contribution >= 4 is 153 Å². The van der Waals surface area contributed by atoms with Crippen LogP contribution in [0.25, 0.3) is 21.7 Å². The molecule has 0 bridgehead atoms. The van der Waals surface area contributed by atoms with E-state index in [1.54, 1.807) is 103 Å². The first-order valence-corrected chi connectivity index (χ1v) is 42.9. The quantitative estimate of drug-likeness (QED) is 0.0136. The van der Waals surface area contributed by atoms with Crippen LogP contribution in [0.4, 0.5) is 0 Å². The van der Waals surface area contributed by atoms with E-state index >= 15 is 24.0 Å². The number of rotatable bonds is 53. The summed E-state index contributed by atoms with van der Waals surface area (Å²) in [4.78, 5) is 253. The Hall–Kier alpha value is -13.2. The molecule has 40 nitrogen and oxygen atoms in total. The van der Waals surface area contributed by atoms with Gasteiger partial charge in [0, 0.05) is 98.6 Å². The number of fused-ring (bicyclic) bond motifs is 2. The molecule has 0 aliphatic heterocycles. The van der Waals surface area contributed by atoms with Gasteiger partial charge in [0.15, 0.2) is 0 Å². The second-order valence-corrected chi connectivity index (χ2v) is 35.4. The highest BCUT2D eigenvalue weighted by molar-refractivity contribution is 7.82. The number of aromatic amines is 1. The molecule has 6 rings (SSSR count). The predicted molar refractivity (Wildman–Crippen MR) is 487 cm³/mol. The Balaban J connectivity index is 1.33. The topological polar surface area (TPSA) is 651 Å². The molecule has 130 heavy (non-hydrogen) atoms. The highest BCUT2D eigenvalue weighted by atomic mass is 32.1. The van der Waals surface area contributed by atoms with Crippen LogP contribution in [0.5, 0.6) is 5.75 Å². The maximum absolute atomic E-state index is 15.5. The number of aliphatic hydroxyl groups is 1. The van der Waals surface area contributed by atoms with Crippen molar-refractivity contribution in [2.75, 3.05) is 26.2 Å². The Bertz CT molecular complexity index is 5040. The molecule has 0 aliphatic rings. The van der Waals surface area contributed by atoms with E-state index in [-0.39, 0.29) is 77.1 Å². The van der Waals surface area contributed by atoms with Crippen LogP contribution in [-0.4, -0.2) is 230 Å². The lowest BCUT2D eigenvalue weighted by Crippen LogP contribution is -2.65. The van der Waals surface area contributed by atoms with Gasteiger partial charge >= 0.3 is 0 Å². The first-order chi connectivity index (χ1) is 61.1. The number of carbonyl (C=O) groups excluding carboxylic acids is 18. The normalized spacial score (nSPS) is 14.2. The van der Waals surface area contributed by atoms with Crippen molar-refractivity contribution in [2.24, 2.45) is 28.7 Å². The zero-order valence-electron chi connectivity index (χ0n) is 73.9. The number of H-pyrrole nitrogens is 1. The molecule has 18 amide bonds. The molecule has 0 radical (unpaired) electrons. The molecule has 0 saturated heterocycles. The molecule has 42 heteroatoms. The van der Waals surface area contributed by atoms with Gasteiger partial charge in [0.2, 0.25) is 106 Å². The van der Waals surface area contributed by atoms with Gasteiger partial charge in [-0.15, -0.1) is 0 Å². The summed E-state index contributed by atoms with van der Waals surface area (Å²) in [6.45, 7) is 12.1. The maximum Gasteiger partial charge on any atom is 0.245 e. The molecule has 0 aliphatic carbocycles. The van der Waals surface area contributed by atoms with E-state index in [0.29, 0.717) is 38.9 Å². The Morgan fingerprint density at radius 1 is 0.423 bits per heavy atom. The zero-order valence-corrected chi connectivity index (χ0v) is 75.6. The second-order valence-electron chi connectivity index (χ2n) is 33.1. The SMILES string of the molecule is CC(=O)NCCCC[C@H](NC(=O)C(C)(C)NC(=O)[C@H](Cc1ccc2ccccc2c1)NC(=O)[C@H](Cc1ccc(OCCN)cc1)NC(=O)[C@@H](NC(=O)[C@H](CCC(N)=O)NC(=O)[C@H](Cc1c[nH]c2ccccc12)NC(=O)[C@@H](NC(=O)[C@H](CC(N)=O)NC(=O)[C@@H](NC(=O)[C@@H](Cc1ccccc1)NC(C)=O)C(C)(C)S)[C@@H](C)O)C(C)(C)S)C(=O)N[C@@H](CC(N)=O)C(=O)NCCC(N)=O. The first-order valence-electron chi connectivity index (χ1n) is 42.0. The van der Waals surface area contributed by atoms with Crippen LogP contribution in [0.3, 0.4) is 0 Å². The predicted octanol–water partition coefficient (Wildman–Crippen LogP) is -2.71. The monoisotopic (exact) mass is 1840 g/mol. The third kappa shape index (κ3) is 34.8. The van der Waals surface area contributed by atoms with Crippen LogP contribution < -0.4 is 108 Å². The van der Waals surface area contributed by atoms with Crippen molar-refractivity contribution in [1.82, 2.24) is 79.4 Å². The molecule has 1 heterocycles. The van der Waals surface area contributed by atoms with E-state index in [1.807, 2.05) is 18.2 Å². The van der Waals surface area contributed by atoms with Crippen molar-refractivity contribution in [2.45, 2.75) is 227 Å². The Morgan fingerprint density at radius 2 is 0.885 bits per heavy atom. The van der Waals surface area contributed by atoms with Gasteiger partial charge in [-0.05, 0) is 125 Å². The van der Waals surface area contributed by atoms with Gasteiger partial charge in [-0.2, -0.15) is 25.3 Å². The average Bonchev–Trinajstić information content (AvgIpc) is 1.75. The molecule has 5 aromatic carbocycles. The number of benzene rings is 5. The summed E-state index contributed by atoms with van der Waals surface area (Å²) in [6.07, 6.45) is -4.16. The van der Waals surface area contributed by atoms with Crippen molar-refractivity contribution in [3.63, 3.8) is 0 Å². The molecular formula is C88H120N20O20S2. The Labute approximate surface area is 762 Å². The van der Waals surface area contributed by atoms with E-state index in [2.05, 4.69) is 92.0 Å². The lowest BCUT2D eigenvalue weighted by molar-refractivity contribution is -0.138. The molecular weight excluding hydrogens is 1720 g/mol. The van der Waals surface area contributed by atoms with Gasteiger partial charge in [-0.25, -0.2) is 0 Å². The first kappa shape index (κ1) is 106.